The Labute approximate surface area is 125 Å². The van der Waals surface area contributed by atoms with Gasteiger partial charge in [-0.15, -0.1) is 0 Å². The van der Waals surface area contributed by atoms with Crippen LogP contribution in [0.2, 0.25) is 0 Å². The van der Waals surface area contributed by atoms with Crippen molar-refractivity contribution in [3.8, 4) is 0 Å². The third-order valence-corrected chi connectivity index (χ3v) is 4.30. The molecule has 21 heavy (non-hydrogen) atoms. The first kappa shape index (κ1) is 13.8. The molecule has 2 aromatic rings. The SMILES string of the molecule is C[C@H](C(=O)Nc1ccccc1)[NH+]1CCc2ccccc2C1. The number of carbonyl (C=O) groups excluding carboxylic acids is 1. The van der Waals surface area contributed by atoms with Crippen LogP contribution in [-0.4, -0.2) is 18.5 Å². The molecule has 108 valence electrons. The number of nitrogens with one attached hydrogen (secondary N) is 2. The number of hydrogen-bond acceptors (Lipinski definition) is 1. The van der Waals surface area contributed by atoms with Gasteiger partial charge in [0.15, 0.2) is 6.04 Å². The summed E-state index contributed by atoms with van der Waals surface area (Å²) in [4.78, 5) is 13.7. The lowest BCUT2D eigenvalue weighted by Gasteiger charge is -2.30. The molecule has 1 aliphatic rings. The van der Waals surface area contributed by atoms with E-state index >= 15 is 0 Å². The Balaban J connectivity index is 1.66. The minimum Gasteiger partial charge on any atom is -0.321 e. The van der Waals surface area contributed by atoms with E-state index in [4.69, 9.17) is 0 Å². The number of quaternary nitrogens is 1. The smallest absolute Gasteiger partial charge is 0.282 e. The number of rotatable bonds is 3. The first-order valence-electron chi connectivity index (χ1n) is 7.51. The van der Waals surface area contributed by atoms with E-state index in [0.29, 0.717) is 0 Å². The van der Waals surface area contributed by atoms with Crippen molar-refractivity contribution in [2.24, 2.45) is 0 Å². The summed E-state index contributed by atoms with van der Waals surface area (Å²) in [7, 11) is 0. The molecule has 3 nitrogen and oxygen atoms in total. The van der Waals surface area contributed by atoms with Crippen molar-refractivity contribution in [3.63, 3.8) is 0 Å². The molecule has 0 radical (unpaired) electrons. The molecule has 0 aliphatic carbocycles. The van der Waals surface area contributed by atoms with E-state index in [-0.39, 0.29) is 11.9 Å². The Morgan fingerprint density at radius 1 is 1.05 bits per heavy atom. The topological polar surface area (TPSA) is 33.5 Å². The third-order valence-electron chi connectivity index (χ3n) is 4.30. The van der Waals surface area contributed by atoms with Gasteiger partial charge in [-0.3, -0.25) is 4.79 Å². The van der Waals surface area contributed by atoms with Crippen LogP contribution in [0.25, 0.3) is 0 Å². The second-order valence-electron chi connectivity index (χ2n) is 5.68. The molecular formula is C18H21N2O+. The van der Waals surface area contributed by atoms with Crippen LogP contribution in [0.15, 0.2) is 54.6 Å². The van der Waals surface area contributed by atoms with Crippen LogP contribution < -0.4 is 10.2 Å². The maximum Gasteiger partial charge on any atom is 0.282 e. The number of fused-ring (bicyclic) bond motifs is 1. The van der Waals surface area contributed by atoms with Crippen LogP contribution in [0.3, 0.4) is 0 Å². The van der Waals surface area contributed by atoms with Crippen LogP contribution >= 0.6 is 0 Å². The fourth-order valence-corrected chi connectivity index (χ4v) is 2.93. The lowest BCUT2D eigenvalue weighted by atomic mass is 9.99. The van der Waals surface area contributed by atoms with Gasteiger partial charge in [0.05, 0.1) is 6.54 Å². The van der Waals surface area contributed by atoms with Gasteiger partial charge in [0, 0.05) is 17.7 Å². The Bertz CT molecular complexity index is 624. The number of amides is 1. The zero-order chi connectivity index (χ0) is 14.7. The summed E-state index contributed by atoms with van der Waals surface area (Å²) >= 11 is 0. The van der Waals surface area contributed by atoms with E-state index in [1.165, 1.54) is 16.0 Å². The van der Waals surface area contributed by atoms with Crippen LogP contribution in [0, 0.1) is 0 Å². The summed E-state index contributed by atoms with van der Waals surface area (Å²) < 4.78 is 0. The van der Waals surface area contributed by atoms with Crippen LogP contribution in [-0.2, 0) is 17.8 Å². The quantitative estimate of drug-likeness (QED) is 0.881. The van der Waals surface area contributed by atoms with Crippen molar-refractivity contribution in [3.05, 3.63) is 65.7 Å². The highest BCUT2D eigenvalue weighted by Crippen LogP contribution is 2.11. The van der Waals surface area contributed by atoms with Crippen molar-refractivity contribution in [2.45, 2.75) is 25.9 Å². The molecule has 2 aromatic carbocycles. The van der Waals surface area contributed by atoms with E-state index < -0.39 is 0 Å². The molecule has 0 saturated carbocycles. The highest BCUT2D eigenvalue weighted by atomic mass is 16.2. The molecule has 1 unspecified atom stereocenters. The first-order chi connectivity index (χ1) is 10.2. The van der Waals surface area contributed by atoms with Crippen LogP contribution in [0.5, 0.6) is 0 Å². The molecule has 1 aliphatic heterocycles. The minimum atomic E-state index is -0.0430. The molecule has 1 amide bonds. The lowest BCUT2D eigenvalue weighted by Crippen LogP contribution is -3.16. The average molecular weight is 281 g/mol. The number of benzene rings is 2. The number of anilines is 1. The van der Waals surface area contributed by atoms with Gasteiger partial charge in [-0.05, 0) is 24.6 Å². The zero-order valence-corrected chi connectivity index (χ0v) is 12.3. The third kappa shape index (κ3) is 3.14. The molecule has 2 N–H and O–H groups in total. The van der Waals surface area contributed by atoms with Gasteiger partial charge in [0.2, 0.25) is 0 Å². The zero-order valence-electron chi connectivity index (χ0n) is 12.3. The largest absolute Gasteiger partial charge is 0.321 e. The van der Waals surface area contributed by atoms with Gasteiger partial charge < -0.3 is 10.2 Å². The summed E-state index contributed by atoms with van der Waals surface area (Å²) in [5.74, 6) is 0.0931. The van der Waals surface area contributed by atoms with Gasteiger partial charge in [0.25, 0.3) is 5.91 Å². The minimum absolute atomic E-state index is 0.0430. The highest BCUT2D eigenvalue weighted by molar-refractivity contribution is 5.93. The number of carbonyl (C=O) groups is 1. The van der Waals surface area contributed by atoms with Gasteiger partial charge in [-0.2, -0.15) is 0 Å². The van der Waals surface area contributed by atoms with Gasteiger partial charge in [-0.25, -0.2) is 0 Å². The number of hydrogen-bond donors (Lipinski definition) is 2. The summed E-state index contributed by atoms with van der Waals surface area (Å²) in [6, 6.07) is 18.2. The standard InChI is InChI=1S/C18H20N2O/c1-14(18(21)19-17-9-3-2-4-10-17)20-12-11-15-7-5-6-8-16(15)13-20/h2-10,14H,11-13H2,1H3,(H,19,21)/p+1/t14-/m1/s1. The predicted molar refractivity (Wildman–Crippen MR) is 84.2 cm³/mol. The molecule has 0 bridgehead atoms. The molecule has 2 atom stereocenters. The molecule has 0 spiro atoms. The Kier molecular flexibility index (Phi) is 4.02. The monoisotopic (exact) mass is 281 g/mol. The van der Waals surface area contributed by atoms with E-state index in [2.05, 4.69) is 29.6 Å². The molecule has 1 heterocycles. The summed E-state index contributed by atoms with van der Waals surface area (Å²) in [5, 5.41) is 3.00. The summed E-state index contributed by atoms with van der Waals surface area (Å²) in [6.45, 7) is 3.96. The fourth-order valence-electron chi connectivity index (χ4n) is 2.93. The normalized spacial score (nSPS) is 18.6. The second kappa shape index (κ2) is 6.10. The van der Waals surface area contributed by atoms with Gasteiger partial charge in [-0.1, -0.05) is 42.5 Å². The molecule has 3 heteroatoms. The highest BCUT2D eigenvalue weighted by Gasteiger charge is 2.28. The van der Waals surface area contributed by atoms with Crippen molar-refractivity contribution >= 4 is 11.6 Å². The van der Waals surface area contributed by atoms with E-state index in [9.17, 15) is 4.79 Å². The maximum absolute atomic E-state index is 12.4. The lowest BCUT2D eigenvalue weighted by molar-refractivity contribution is -0.929. The number of para-hydroxylation sites is 1. The van der Waals surface area contributed by atoms with Crippen molar-refractivity contribution < 1.29 is 9.69 Å². The van der Waals surface area contributed by atoms with Crippen molar-refractivity contribution in [1.29, 1.82) is 0 Å². The van der Waals surface area contributed by atoms with E-state index in [0.717, 1.165) is 25.2 Å². The Morgan fingerprint density at radius 3 is 2.48 bits per heavy atom. The first-order valence-corrected chi connectivity index (χ1v) is 7.51. The summed E-state index contributed by atoms with van der Waals surface area (Å²) in [5.41, 5.74) is 3.67. The molecule has 3 rings (SSSR count). The second-order valence-corrected chi connectivity index (χ2v) is 5.68. The van der Waals surface area contributed by atoms with Crippen LogP contribution in [0.1, 0.15) is 18.1 Å². The Morgan fingerprint density at radius 2 is 1.71 bits per heavy atom. The molecule has 0 fully saturated rings. The maximum atomic E-state index is 12.4. The van der Waals surface area contributed by atoms with Crippen molar-refractivity contribution in [1.82, 2.24) is 0 Å². The molecule has 0 saturated heterocycles. The van der Waals surface area contributed by atoms with Gasteiger partial charge >= 0.3 is 0 Å². The molecular weight excluding hydrogens is 260 g/mol. The molecule has 0 aromatic heterocycles. The fraction of sp³-hybridized carbons (Fsp3) is 0.278. The van der Waals surface area contributed by atoms with E-state index in [1.807, 2.05) is 37.3 Å². The van der Waals surface area contributed by atoms with Crippen LogP contribution in [0.4, 0.5) is 5.69 Å². The van der Waals surface area contributed by atoms with Crippen molar-refractivity contribution in [2.75, 3.05) is 11.9 Å². The van der Waals surface area contributed by atoms with Gasteiger partial charge in [0.1, 0.15) is 6.54 Å². The Hall–Kier alpha value is -2.13. The predicted octanol–water partition coefficient (Wildman–Crippen LogP) is 1.65. The average Bonchev–Trinajstić information content (AvgIpc) is 2.54. The summed E-state index contributed by atoms with van der Waals surface area (Å²) in [6.07, 6.45) is 1.05. The van der Waals surface area contributed by atoms with E-state index in [1.54, 1.807) is 0 Å².